The van der Waals surface area contributed by atoms with Crippen LogP contribution in [-0.2, 0) is 17.3 Å². The van der Waals surface area contributed by atoms with Gasteiger partial charge in [-0.1, -0.05) is 18.2 Å². The summed E-state index contributed by atoms with van der Waals surface area (Å²) in [5.74, 6) is 0.695. The lowest BCUT2D eigenvalue weighted by molar-refractivity contribution is 0.589. The zero-order valence-electron chi connectivity index (χ0n) is 10.2. The second kappa shape index (κ2) is 5.47. The van der Waals surface area contributed by atoms with Crippen LogP contribution in [0.5, 0.6) is 0 Å². The normalized spacial score (nSPS) is 14.9. The highest BCUT2D eigenvalue weighted by Crippen LogP contribution is 2.16. The van der Waals surface area contributed by atoms with E-state index < -0.39 is 10.8 Å². The SMILES string of the molecule is CC(CS(C)=O)NCc1cccc2cc[nH]c12. The van der Waals surface area contributed by atoms with E-state index in [2.05, 4.69) is 41.5 Å². The lowest BCUT2D eigenvalue weighted by Gasteiger charge is -2.12. The van der Waals surface area contributed by atoms with Gasteiger partial charge in [0.1, 0.15) is 0 Å². The number of aromatic nitrogens is 1. The molecule has 2 aromatic rings. The summed E-state index contributed by atoms with van der Waals surface area (Å²) in [6.45, 7) is 2.87. The quantitative estimate of drug-likeness (QED) is 0.853. The average Bonchev–Trinajstić information content (AvgIpc) is 2.73. The molecular formula is C13H18N2OS. The molecule has 0 spiro atoms. The van der Waals surface area contributed by atoms with E-state index in [1.165, 1.54) is 16.5 Å². The summed E-state index contributed by atoms with van der Waals surface area (Å²) in [6.07, 6.45) is 3.70. The van der Waals surface area contributed by atoms with Crippen molar-refractivity contribution in [1.29, 1.82) is 0 Å². The van der Waals surface area contributed by atoms with Gasteiger partial charge in [0.2, 0.25) is 0 Å². The van der Waals surface area contributed by atoms with Crippen LogP contribution in [0, 0.1) is 0 Å². The number of fused-ring (bicyclic) bond motifs is 1. The molecule has 0 aliphatic carbocycles. The van der Waals surface area contributed by atoms with Gasteiger partial charge in [0.05, 0.1) is 0 Å². The van der Waals surface area contributed by atoms with Crippen molar-refractivity contribution >= 4 is 21.7 Å². The first-order valence-corrected chi connectivity index (χ1v) is 7.48. The van der Waals surface area contributed by atoms with E-state index in [0.29, 0.717) is 5.75 Å². The third kappa shape index (κ3) is 3.17. The zero-order valence-corrected chi connectivity index (χ0v) is 11.0. The van der Waals surface area contributed by atoms with Crippen molar-refractivity contribution < 1.29 is 4.21 Å². The minimum atomic E-state index is -0.743. The van der Waals surface area contributed by atoms with Crippen LogP contribution in [0.3, 0.4) is 0 Å². The van der Waals surface area contributed by atoms with E-state index >= 15 is 0 Å². The Hall–Kier alpha value is -1.13. The van der Waals surface area contributed by atoms with Crippen molar-refractivity contribution in [2.75, 3.05) is 12.0 Å². The van der Waals surface area contributed by atoms with Crippen molar-refractivity contribution in [2.24, 2.45) is 0 Å². The fraction of sp³-hybridized carbons (Fsp3) is 0.385. The maximum Gasteiger partial charge on any atom is 0.0499 e. The molecule has 0 fully saturated rings. The van der Waals surface area contributed by atoms with Crippen molar-refractivity contribution in [3.8, 4) is 0 Å². The van der Waals surface area contributed by atoms with Crippen LogP contribution in [0.15, 0.2) is 30.5 Å². The summed E-state index contributed by atoms with van der Waals surface area (Å²) < 4.78 is 11.1. The van der Waals surface area contributed by atoms with Crippen LogP contribution >= 0.6 is 0 Å². The molecule has 3 nitrogen and oxygen atoms in total. The third-order valence-electron chi connectivity index (χ3n) is 2.80. The minimum absolute atomic E-state index is 0.269. The predicted molar refractivity (Wildman–Crippen MR) is 73.5 cm³/mol. The van der Waals surface area contributed by atoms with Gasteiger partial charge in [-0.25, -0.2) is 0 Å². The van der Waals surface area contributed by atoms with Crippen LogP contribution in [0.1, 0.15) is 12.5 Å². The van der Waals surface area contributed by atoms with Gasteiger partial charge in [0.15, 0.2) is 0 Å². The first-order chi connectivity index (χ1) is 8.16. The maximum absolute atomic E-state index is 11.1. The number of rotatable bonds is 5. The van der Waals surface area contributed by atoms with Crippen LogP contribution < -0.4 is 5.32 Å². The number of hydrogen-bond donors (Lipinski definition) is 2. The maximum atomic E-state index is 11.1. The summed E-state index contributed by atoms with van der Waals surface area (Å²) in [5.41, 5.74) is 2.44. The topological polar surface area (TPSA) is 44.9 Å². The highest BCUT2D eigenvalue weighted by atomic mass is 32.2. The molecule has 0 radical (unpaired) electrons. The lowest BCUT2D eigenvalue weighted by atomic mass is 10.1. The van der Waals surface area contributed by atoms with Gasteiger partial charge in [0, 0.05) is 47.1 Å². The number of nitrogens with one attached hydrogen (secondary N) is 2. The smallest absolute Gasteiger partial charge is 0.0499 e. The number of benzene rings is 1. The Bertz CT molecular complexity index is 521. The van der Waals surface area contributed by atoms with E-state index in [1.807, 2.05) is 6.20 Å². The Kier molecular flexibility index (Phi) is 3.97. The van der Waals surface area contributed by atoms with Crippen LogP contribution in [0.4, 0.5) is 0 Å². The number of para-hydroxylation sites is 1. The molecule has 1 aromatic carbocycles. The lowest BCUT2D eigenvalue weighted by Crippen LogP contribution is -2.30. The highest BCUT2D eigenvalue weighted by Gasteiger charge is 2.06. The standard InChI is InChI=1S/C13H18N2OS/c1-10(9-17(2)16)15-8-12-5-3-4-11-6-7-14-13(11)12/h3-7,10,14-15H,8-9H2,1-2H3. The number of hydrogen-bond acceptors (Lipinski definition) is 2. The van der Waals surface area contributed by atoms with E-state index in [-0.39, 0.29) is 6.04 Å². The van der Waals surface area contributed by atoms with E-state index in [4.69, 9.17) is 0 Å². The zero-order chi connectivity index (χ0) is 12.3. The highest BCUT2D eigenvalue weighted by molar-refractivity contribution is 7.84. The Morgan fingerprint density at radius 2 is 2.24 bits per heavy atom. The summed E-state index contributed by atoms with van der Waals surface area (Å²) in [7, 11) is -0.743. The summed E-state index contributed by atoms with van der Waals surface area (Å²) in [6, 6.07) is 8.62. The monoisotopic (exact) mass is 250 g/mol. The molecule has 17 heavy (non-hydrogen) atoms. The van der Waals surface area contributed by atoms with E-state index in [9.17, 15) is 4.21 Å². The van der Waals surface area contributed by atoms with Gasteiger partial charge in [-0.05, 0) is 23.9 Å². The van der Waals surface area contributed by atoms with E-state index in [1.54, 1.807) is 6.26 Å². The Morgan fingerprint density at radius 3 is 3.00 bits per heavy atom. The minimum Gasteiger partial charge on any atom is -0.361 e. The molecule has 2 atom stereocenters. The predicted octanol–water partition coefficient (Wildman–Crippen LogP) is 2.02. The Balaban J connectivity index is 2.03. The molecule has 0 saturated carbocycles. The Labute approximate surface area is 104 Å². The van der Waals surface area contributed by atoms with Gasteiger partial charge in [-0.3, -0.25) is 4.21 Å². The second-order valence-corrected chi connectivity index (χ2v) is 5.86. The van der Waals surface area contributed by atoms with E-state index in [0.717, 1.165) is 6.54 Å². The molecule has 2 rings (SSSR count). The first-order valence-electron chi connectivity index (χ1n) is 5.75. The van der Waals surface area contributed by atoms with Gasteiger partial charge in [0.25, 0.3) is 0 Å². The van der Waals surface area contributed by atoms with Gasteiger partial charge < -0.3 is 10.3 Å². The van der Waals surface area contributed by atoms with Crippen molar-refractivity contribution in [2.45, 2.75) is 19.5 Å². The van der Waals surface area contributed by atoms with Crippen LogP contribution in [0.25, 0.3) is 10.9 Å². The average molecular weight is 250 g/mol. The molecule has 0 aliphatic rings. The van der Waals surface area contributed by atoms with Crippen LogP contribution in [-0.4, -0.2) is 27.2 Å². The third-order valence-corrected chi connectivity index (χ3v) is 3.77. The summed E-state index contributed by atoms with van der Waals surface area (Å²) in [4.78, 5) is 3.25. The molecule has 0 bridgehead atoms. The molecule has 2 unspecified atom stereocenters. The fourth-order valence-corrected chi connectivity index (χ4v) is 2.81. The molecule has 0 aliphatic heterocycles. The summed E-state index contributed by atoms with van der Waals surface area (Å²) in [5, 5.41) is 4.63. The molecule has 4 heteroatoms. The van der Waals surface area contributed by atoms with Crippen molar-refractivity contribution in [1.82, 2.24) is 10.3 Å². The fourth-order valence-electron chi connectivity index (χ4n) is 1.99. The molecular weight excluding hydrogens is 232 g/mol. The van der Waals surface area contributed by atoms with Crippen molar-refractivity contribution in [3.05, 3.63) is 36.0 Å². The molecule has 0 saturated heterocycles. The summed E-state index contributed by atoms with van der Waals surface area (Å²) >= 11 is 0. The molecule has 92 valence electrons. The molecule has 1 aromatic heterocycles. The molecule has 2 N–H and O–H groups in total. The van der Waals surface area contributed by atoms with Crippen LogP contribution in [0.2, 0.25) is 0 Å². The second-order valence-electron chi connectivity index (χ2n) is 4.38. The molecule has 0 amide bonds. The largest absolute Gasteiger partial charge is 0.361 e. The number of aromatic amines is 1. The van der Waals surface area contributed by atoms with Gasteiger partial charge in [-0.15, -0.1) is 0 Å². The van der Waals surface area contributed by atoms with Gasteiger partial charge in [-0.2, -0.15) is 0 Å². The Morgan fingerprint density at radius 1 is 1.41 bits per heavy atom. The molecule has 1 heterocycles. The first kappa shape index (κ1) is 12.3. The van der Waals surface area contributed by atoms with Gasteiger partial charge >= 0.3 is 0 Å². The number of H-pyrrole nitrogens is 1. The van der Waals surface area contributed by atoms with Crippen molar-refractivity contribution in [3.63, 3.8) is 0 Å².